The lowest BCUT2D eigenvalue weighted by Crippen LogP contribution is -2.20. The predicted molar refractivity (Wildman–Crippen MR) is 78.7 cm³/mol. The lowest BCUT2D eigenvalue weighted by molar-refractivity contribution is -0.384. The molecule has 1 saturated heterocycles. The first-order valence-electron chi connectivity index (χ1n) is 7.56. The molecule has 1 aliphatic heterocycles. The number of nitrogens with zero attached hydrogens (tertiary/aromatic N) is 1. The van der Waals surface area contributed by atoms with E-state index >= 15 is 0 Å². The average Bonchev–Trinajstić information content (AvgIpc) is 2.48. The fourth-order valence-corrected chi connectivity index (χ4v) is 2.79. The van der Waals surface area contributed by atoms with Crippen LogP contribution in [0.2, 0.25) is 0 Å². The highest BCUT2D eigenvalue weighted by Gasteiger charge is 2.23. The number of hydrogen-bond acceptors (Lipinski definition) is 3. The summed E-state index contributed by atoms with van der Waals surface area (Å²) in [5, 5.41) is 10.6. The molecule has 0 spiro atoms. The second kappa shape index (κ2) is 7.39. The van der Waals surface area contributed by atoms with E-state index in [2.05, 4.69) is 6.92 Å². The summed E-state index contributed by atoms with van der Waals surface area (Å²) in [5.74, 6) is 0.691. The van der Waals surface area contributed by atoms with Crippen LogP contribution in [0.15, 0.2) is 24.3 Å². The summed E-state index contributed by atoms with van der Waals surface area (Å²) in [6, 6.07) is 6.76. The Morgan fingerprint density at radius 3 is 2.55 bits per heavy atom. The predicted octanol–water partition coefficient (Wildman–Crippen LogP) is 4.64. The fourth-order valence-electron chi connectivity index (χ4n) is 2.79. The van der Waals surface area contributed by atoms with Gasteiger partial charge in [-0.15, -0.1) is 0 Å². The highest BCUT2D eigenvalue weighted by atomic mass is 16.6. The van der Waals surface area contributed by atoms with Crippen LogP contribution in [-0.2, 0) is 4.74 Å². The van der Waals surface area contributed by atoms with E-state index in [9.17, 15) is 10.1 Å². The van der Waals surface area contributed by atoms with Crippen LogP contribution < -0.4 is 0 Å². The van der Waals surface area contributed by atoms with Crippen LogP contribution in [0.25, 0.3) is 0 Å². The first-order valence-corrected chi connectivity index (χ1v) is 7.56. The monoisotopic (exact) mass is 277 g/mol. The Morgan fingerprint density at radius 2 is 2.00 bits per heavy atom. The van der Waals surface area contributed by atoms with Crippen LogP contribution in [0.5, 0.6) is 0 Å². The van der Waals surface area contributed by atoms with E-state index in [-0.39, 0.29) is 16.7 Å². The smallest absolute Gasteiger partial charge is 0.269 e. The molecule has 4 nitrogen and oxygen atoms in total. The van der Waals surface area contributed by atoms with E-state index in [0.717, 1.165) is 18.6 Å². The summed E-state index contributed by atoms with van der Waals surface area (Å²) in [5.41, 5.74) is 1.20. The Hall–Kier alpha value is -1.42. The van der Waals surface area contributed by atoms with E-state index < -0.39 is 0 Å². The van der Waals surface area contributed by atoms with Gasteiger partial charge >= 0.3 is 0 Å². The zero-order chi connectivity index (χ0) is 14.4. The van der Waals surface area contributed by atoms with Gasteiger partial charge in [-0.2, -0.15) is 0 Å². The standard InChI is InChI=1S/C16H23NO3/c1-2-3-4-5-13-6-11-16(20-12-13)14-7-9-15(10-8-14)17(18)19/h7-10,13,16H,2-6,11-12H2,1H3. The molecule has 0 aliphatic carbocycles. The number of nitro benzene ring substituents is 1. The second-order valence-electron chi connectivity index (χ2n) is 5.61. The van der Waals surface area contributed by atoms with Crippen molar-refractivity contribution in [3.63, 3.8) is 0 Å². The highest BCUT2D eigenvalue weighted by molar-refractivity contribution is 5.33. The molecule has 0 saturated carbocycles. The Morgan fingerprint density at radius 1 is 1.25 bits per heavy atom. The molecule has 0 amide bonds. The molecule has 0 bridgehead atoms. The average molecular weight is 277 g/mol. The molecule has 2 unspecified atom stereocenters. The first-order chi connectivity index (χ1) is 9.70. The molecule has 0 N–H and O–H groups in total. The van der Waals surface area contributed by atoms with Crippen LogP contribution in [0.4, 0.5) is 5.69 Å². The third-order valence-corrected chi connectivity index (χ3v) is 4.06. The number of benzene rings is 1. The summed E-state index contributed by atoms with van der Waals surface area (Å²) in [6.07, 6.45) is 7.47. The van der Waals surface area contributed by atoms with Gasteiger partial charge in [0.2, 0.25) is 0 Å². The van der Waals surface area contributed by atoms with Gasteiger partial charge in [-0.25, -0.2) is 0 Å². The molecular formula is C16H23NO3. The summed E-state index contributed by atoms with van der Waals surface area (Å²) >= 11 is 0. The molecule has 4 heteroatoms. The van der Waals surface area contributed by atoms with E-state index in [4.69, 9.17) is 4.74 Å². The minimum absolute atomic E-state index is 0.109. The molecule has 2 atom stereocenters. The van der Waals surface area contributed by atoms with Gasteiger partial charge in [0.25, 0.3) is 5.69 Å². The van der Waals surface area contributed by atoms with Crippen LogP contribution in [0.1, 0.15) is 57.1 Å². The summed E-state index contributed by atoms with van der Waals surface area (Å²) in [6.45, 7) is 3.05. The molecule has 0 aromatic heterocycles. The molecule has 2 rings (SSSR count). The van der Waals surface area contributed by atoms with Gasteiger partial charge < -0.3 is 4.74 Å². The number of ether oxygens (including phenoxy) is 1. The molecule has 20 heavy (non-hydrogen) atoms. The van der Waals surface area contributed by atoms with Crippen molar-refractivity contribution < 1.29 is 9.66 Å². The molecular weight excluding hydrogens is 254 g/mol. The highest BCUT2D eigenvalue weighted by Crippen LogP contribution is 2.33. The zero-order valence-electron chi connectivity index (χ0n) is 12.1. The van der Waals surface area contributed by atoms with Gasteiger partial charge in [0, 0.05) is 12.1 Å². The van der Waals surface area contributed by atoms with Crippen LogP contribution in [0.3, 0.4) is 0 Å². The number of unbranched alkanes of at least 4 members (excludes halogenated alkanes) is 2. The number of rotatable bonds is 6. The largest absolute Gasteiger partial charge is 0.373 e. The molecule has 0 radical (unpaired) electrons. The normalized spacial score (nSPS) is 22.6. The zero-order valence-corrected chi connectivity index (χ0v) is 12.1. The van der Waals surface area contributed by atoms with E-state index in [1.165, 1.54) is 32.1 Å². The fraction of sp³-hybridized carbons (Fsp3) is 0.625. The minimum Gasteiger partial charge on any atom is -0.373 e. The lowest BCUT2D eigenvalue weighted by Gasteiger charge is -2.29. The molecule has 1 heterocycles. The summed E-state index contributed by atoms with van der Waals surface area (Å²) < 4.78 is 5.94. The molecule has 1 aliphatic rings. The van der Waals surface area contributed by atoms with Crippen LogP contribution >= 0.6 is 0 Å². The molecule has 1 fully saturated rings. The van der Waals surface area contributed by atoms with Gasteiger partial charge in [0.05, 0.1) is 17.6 Å². The van der Waals surface area contributed by atoms with Crippen molar-refractivity contribution in [1.82, 2.24) is 0 Å². The van der Waals surface area contributed by atoms with Crippen molar-refractivity contribution in [2.45, 2.75) is 51.6 Å². The topological polar surface area (TPSA) is 52.4 Å². The second-order valence-corrected chi connectivity index (χ2v) is 5.61. The van der Waals surface area contributed by atoms with E-state index in [1.54, 1.807) is 12.1 Å². The van der Waals surface area contributed by atoms with E-state index in [1.807, 2.05) is 12.1 Å². The Labute approximate surface area is 120 Å². The third-order valence-electron chi connectivity index (χ3n) is 4.06. The maximum absolute atomic E-state index is 10.6. The Kier molecular flexibility index (Phi) is 5.53. The van der Waals surface area contributed by atoms with Gasteiger partial charge in [0.15, 0.2) is 0 Å². The maximum atomic E-state index is 10.6. The van der Waals surface area contributed by atoms with Gasteiger partial charge in [0.1, 0.15) is 0 Å². The quantitative estimate of drug-likeness (QED) is 0.432. The van der Waals surface area contributed by atoms with Crippen molar-refractivity contribution in [2.75, 3.05) is 6.61 Å². The van der Waals surface area contributed by atoms with Crippen molar-refractivity contribution in [1.29, 1.82) is 0 Å². The third kappa shape index (κ3) is 4.04. The van der Waals surface area contributed by atoms with Crippen molar-refractivity contribution >= 4 is 5.69 Å². The van der Waals surface area contributed by atoms with Crippen LogP contribution in [0, 0.1) is 16.0 Å². The van der Waals surface area contributed by atoms with Gasteiger partial charge in [-0.1, -0.05) is 26.2 Å². The Balaban J connectivity index is 1.82. The molecule has 1 aromatic carbocycles. The van der Waals surface area contributed by atoms with Crippen molar-refractivity contribution in [3.8, 4) is 0 Å². The maximum Gasteiger partial charge on any atom is 0.269 e. The Bertz CT molecular complexity index is 422. The number of non-ortho nitro benzene ring substituents is 1. The number of nitro groups is 1. The minimum atomic E-state index is -0.366. The van der Waals surface area contributed by atoms with Gasteiger partial charge in [-0.05, 0) is 42.9 Å². The SMILES string of the molecule is CCCCCC1CCC(c2ccc([N+](=O)[O-])cc2)OC1. The van der Waals surface area contributed by atoms with Crippen molar-refractivity contribution in [2.24, 2.45) is 5.92 Å². The van der Waals surface area contributed by atoms with Crippen molar-refractivity contribution in [3.05, 3.63) is 39.9 Å². The van der Waals surface area contributed by atoms with E-state index in [0.29, 0.717) is 5.92 Å². The van der Waals surface area contributed by atoms with Gasteiger partial charge in [-0.3, -0.25) is 10.1 Å². The summed E-state index contributed by atoms with van der Waals surface area (Å²) in [7, 11) is 0. The lowest BCUT2D eigenvalue weighted by atomic mass is 9.91. The van der Waals surface area contributed by atoms with Crippen LogP contribution in [-0.4, -0.2) is 11.5 Å². The molecule has 110 valence electrons. The molecule has 1 aromatic rings. The summed E-state index contributed by atoms with van der Waals surface area (Å²) in [4.78, 5) is 10.3. The first kappa shape index (κ1) is 15.0. The number of hydrogen-bond donors (Lipinski definition) is 0.